The van der Waals surface area contributed by atoms with Crippen molar-refractivity contribution in [1.29, 1.82) is 0 Å². The van der Waals surface area contributed by atoms with Crippen LogP contribution < -0.4 is 16.5 Å². The molecule has 5 N–H and O–H groups in total. The number of carboxylic acids is 1. The van der Waals surface area contributed by atoms with E-state index in [-0.39, 0.29) is 35.5 Å². The molecule has 9 nitrogen and oxygen atoms in total. The third-order valence-electron chi connectivity index (χ3n) is 3.64. The summed E-state index contributed by atoms with van der Waals surface area (Å²) in [6, 6.07) is 0. The highest BCUT2D eigenvalue weighted by Crippen LogP contribution is 2.19. The fraction of sp³-hybridized carbons (Fsp3) is 0.824. The van der Waals surface area contributed by atoms with E-state index in [0.29, 0.717) is 26.3 Å². The maximum atomic E-state index is 11.8. The average Bonchev–Trinajstić information content (AvgIpc) is 2.51. The van der Waals surface area contributed by atoms with E-state index in [1.54, 1.807) is 0 Å². The summed E-state index contributed by atoms with van der Waals surface area (Å²) in [5.74, 6) is 3.33. The van der Waals surface area contributed by atoms with Gasteiger partial charge in [0.1, 0.15) is 0 Å². The van der Waals surface area contributed by atoms with E-state index in [1.807, 2.05) is 27.7 Å². The van der Waals surface area contributed by atoms with Crippen LogP contribution in [0.25, 0.3) is 0 Å². The molecular formula is C17H33N3O6. The maximum absolute atomic E-state index is 11.8. The molecule has 0 aliphatic heterocycles. The number of amides is 2. The van der Waals surface area contributed by atoms with Crippen LogP contribution in [0.5, 0.6) is 0 Å². The summed E-state index contributed by atoms with van der Waals surface area (Å²) in [7, 11) is 0. The van der Waals surface area contributed by atoms with Crippen molar-refractivity contribution >= 4 is 17.8 Å². The van der Waals surface area contributed by atoms with Gasteiger partial charge in [-0.2, -0.15) is 0 Å². The van der Waals surface area contributed by atoms with Gasteiger partial charge in [-0.25, -0.2) is 10.7 Å². The van der Waals surface area contributed by atoms with Gasteiger partial charge in [0.15, 0.2) is 6.10 Å². The van der Waals surface area contributed by atoms with E-state index < -0.39 is 12.1 Å². The smallest absolute Gasteiger partial charge is 0.334 e. The van der Waals surface area contributed by atoms with E-state index in [4.69, 9.17) is 15.7 Å². The van der Waals surface area contributed by atoms with E-state index in [0.717, 1.165) is 0 Å². The van der Waals surface area contributed by atoms with Crippen LogP contribution in [0.15, 0.2) is 0 Å². The van der Waals surface area contributed by atoms with Crippen molar-refractivity contribution in [2.24, 2.45) is 16.7 Å². The minimum atomic E-state index is -1.20. The van der Waals surface area contributed by atoms with Crippen molar-refractivity contribution in [3.8, 4) is 0 Å². The molecule has 0 aromatic heterocycles. The summed E-state index contributed by atoms with van der Waals surface area (Å²) in [5, 5.41) is 14.3. The molecule has 0 radical (unpaired) electrons. The molecule has 1 atom stereocenters. The molecule has 0 aliphatic rings. The van der Waals surface area contributed by atoms with Crippen LogP contribution in [0, 0.1) is 10.8 Å². The first kappa shape index (κ1) is 24.3. The zero-order valence-corrected chi connectivity index (χ0v) is 16.4. The van der Waals surface area contributed by atoms with Crippen LogP contribution in [0.4, 0.5) is 0 Å². The lowest BCUT2D eigenvalue weighted by molar-refractivity contribution is -0.151. The molecule has 9 heteroatoms. The summed E-state index contributed by atoms with van der Waals surface area (Å²) in [6.45, 7) is 11.2. The molecule has 2 amide bonds. The standard InChI is InChI=1S/C17H33N3O6/c1-12(21)19-8-16(2,3)10-25-11-17(4,5)9-20-14(22)7-6-13(26-18)15(23)24/h13H,6-11,18H2,1-5H3,(H,19,21)(H,20,22)(H,23,24). The fourth-order valence-electron chi connectivity index (χ4n) is 2.01. The quantitative estimate of drug-likeness (QED) is 0.342. The molecule has 0 spiro atoms. The SMILES string of the molecule is CC(=O)NCC(C)(C)COCC(C)(C)CNC(=O)CCC(ON)C(=O)O. The van der Waals surface area contributed by atoms with Crippen molar-refractivity contribution in [2.45, 2.75) is 53.6 Å². The molecule has 0 bridgehead atoms. The Bertz CT molecular complexity index is 479. The molecule has 0 aromatic carbocycles. The van der Waals surface area contributed by atoms with E-state index in [9.17, 15) is 14.4 Å². The van der Waals surface area contributed by atoms with Gasteiger partial charge in [0.05, 0.1) is 13.2 Å². The molecule has 152 valence electrons. The van der Waals surface area contributed by atoms with Gasteiger partial charge in [-0.05, 0) is 6.42 Å². The molecule has 26 heavy (non-hydrogen) atoms. The first-order chi connectivity index (χ1) is 11.9. The Balaban J connectivity index is 4.15. The Labute approximate surface area is 154 Å². The van der Waals surface area contributed by atoms with Gasteiger partial charge >= 0.3 is 5.97 Å². The molecule has 1 unspecified atom stereocenters. The summed E-state index contributed by atoms with van der Waals surface area (Å²) < 4.78 is 5.76. The van der Waals surface area contributed by atoms with Crippen LogP contribution in [0.2, 0.25) is 0 Å². The second kappa shape index (κ2) is 11.1. The minimum Gasteiger partial charge on any atom is -0.479 e. The number of rotatable bonds is 13. The number of carboxylic acid groups (broad SMARTS) is 1. The summed E-state index contributed by atoms with van der Waals surface area (Å²) >= 11 is 0. The van der Waals surface area contributed by atoms with Gasteiger partial charge < -0.3 is 20.5 Å². The normalized spacial score (nSPS) is 13.2. The van der Waals surface area contributed by atoms with Crippen LogP contribution in [-0.2, 0) is 24.0 Å². The van der Waals surface area contributed by atoms with Crippen LogP contribution in [0.3, 0.4) is 0 Å². The highest BCUT2D eigenvalue weighted by Gasteiger charge is 2.24. The van der Waals surface area contributed by atoms with E-state index >= 15 is 0 Å². The lowest BCUT2D eigenvalue weighted by Gasteiger charge is -2.29. The molecule has 0 aliphatic carbocycles. The predicted molar refractivity (Wildman–Crippen MR) is 96.0 cm³/mol. The number of ether oxygens (including phenoxy) is 1. The van der Waals surface area contributed by atoms with Gasteiger partial charge in [-0.15, -0.1) is 0 Å². The second-order valence-corrected chi connectivity index (χ2v) is 8.01. The molecule has 0 fully saturated rings. The Morgan fingerprint density at radius 2 is 1.54 bits per heavy atom. The number of hydrogen-bond acceptors (Lipinski definition) is 6. The number of aliphatic carboxylic acids is 1. The summed E-state index contributed by atoms with van der Waals surface area (Å²) in [4.78, 5) is 37.9. The first-order valence-corrected chi connectivity index (χ1v) is 8.56. The molecule has 0 saturated heterocycles. The maximum Gasteiger partial charge on any atom is 0.334 e. The summed E-state index contributed by atoms with van der Waals surface area (Å²) in [6.07, 6.45) is -1.18. The van der Waals surface area contributed by atoms with E-state index in [1.165, 1.54) is 6.92 Å². The summed E-state index contributed by atoms with van der Waals surface area (Å²) in [5.41, 5.74) is -0.491. The average molecular weight is 375 g/mol. The lowest BCUT2D eigenvalue weighted by Crippen LogP contribution is -2.39. The van der Waals surface area contributed by atoms with Crippen molar-refractivity contribution in [3.63, 3.8) is 0 Å². The Kier molecular flexibility index (Phi) is 10.4. The number of carbonyl (C=O) groups is 3. The van der Waals surface area contributed by atoms with E-state index in [2.05, 4.69) is 15.5 Å². The number of carbonyl (C=O) groups excluding carboxylic acids is 2. The predicted octanol–water partition coefficient (Wildman–Crippen LogP) is 0.431. The van der Waals surface area contributed by atoms with Gasteiger partial charge in [0.2, 0.25) is 11.8 Å². The number of nitrogens with one attached hydrogen (secondary N) is 2. The zero-order chi connectivity index (χ0) is 20.4. The molecular weight excluding hydrogens is 342 g/mol. The third kappa shape index (κ3) is 11.8. The number of nitrogens with two attached hydrogens (primary N) is 1. The largest absolute Gasteiger partial charge is 0.479 e. The highest BCUT2D eigenvalue weighted by molar-refractivity contribution is 5.78. The Morgan fingerprint density at radius 3 is 1.96 bits per heavy atom. The monoisotopic (exact) mass is 375 g/mol. The van der Waals surface area contributed by atoms with Gasteiger partial charge in [0.25, 0.3) is 0 Å². The van der Waals surface area contributed by atoms with Crippen molar-refractivity contribution < 1.29 is 29.1 Å². The molecule has 0 saturated carbocycles. The first-order valence-electron chi connectivity index (χ1n) is 8.56. The van der Waals surface area contributed by atoms with Gasteiger partial charge in [0, 0.05) is 37.3 Å². The molecule has 0 aromatic rings. The Hall–Kier alpha value is -1.71. The second-order valence-electron chi connectivity index (χ2n) is 8.01. The van der Waals surface area contributed by atoms with Gasteiger partial charge in [-0.1, -0.05) is 27.7 Å². The van der Waals surface area contributed by atoms with Crippen LogP contribution in [-0.4, -0.2) is 55.3 Å². The topological polar surface area (TPSA) is 140 Å². The minimum absolute atomic E-state index is 0.00589. The van der Waals surface area contributed by atoms with Crippen molar-refractivity contribution in [1.82, 2.24) is 10.6 Å². The van der Waals surface area contributed by atoms with Crippen molar-refractivity contribution in [3.05, 3.63) is 0 Å². The molecule has 0 heterocycles. The fourth-order valence-corrected chi connectivity index (χ4v) is 2.01. The highest BCUT2D eigenvalue weighted by atomic mass is 16.6. The van der Waals surface area contributed by atoms with Crippen molar-refractivity contribution in [2.75, 3.05) is 26.3 Å². The van der Waals surface area contributed by atoms with Crippen LogP contribution >= 0.6 is 0 Å². The third-order valence-corrected chi connectivity index (χ3v) is 3.64. The number of hydrogen-bond donors (Lipinski definition) is 4. The zero-order valence-electron chi connectivity index (χ0n) is 16.4. The molecule has 0 rings (SSSR count). The lowest BCUT2D eigenvalue weighted by atomic mass is 9.93. The Morgan fingerprint density at radius 1 is 1.04 bits per heavy atom. The van der Waals surface area contributed by atoms with Crippen LogP contribution in [0.1, 0.15) is 47.5 Å². The van der Waals surface area contributed by atoms with Gasteiger partial charge in [-0.3, -0.25) is 14.4 Å².